The fourth-order valence-corrected chi connectivity index (χ4v) is 7.91. The van der Waals surface area contributed by atoms with Crippen molar-refractivity contribution in [3.05, 3.63) is 204 Å². The van der Waals surface area contributed by atoms with Gasteiger partial charge in [-0.25, -0.2) is 0 Å². The predicted octanol–water partition coefficient (Wildman–Crippen LogP) is 13.7. The van der Waals surface area contributed by atoms with Crippen LogP contribution in [0.2, 0.25) is 0 Å². The quantitative estimate of drug-likeness (QED) is 0.170. The monoisotopic (exact) mass is 632 g/mol. The van der Waals surface area contributed by atoms with Crippen LogP contribution >= 0.6 is 0 Å². The van der Waals surface area contributed by atoms with Crippen molar-refractivity contribution in [1.29, 1.82) is 0 Å². The van der Waals surface area contributed by atoms with Crippen LogP contribution in [0.25, 0.3) is 89.1 Å². The maximum absolute atomic E-state index is 2.40. The Hall–Kier alpha value is -6.50. The molecule has 0 atom stereocenters. The highest BCUT2D eigenvalue weighted by Gasteiger charge is 2.17. The molecule has 0 saturated heterocycles. The van der Waals surface area contributed by atoms with E-state index in [-0.39, 0.29) is 0 Å². The van der Waals surface area contributed by atoms with Crippen LogP contribution in [-0.4, -0.2) is 0 Å². The Morgan fingerprint density at radius 2 is 0.700 bits per heavy atom. The van der Waals surface area contributed by atoms with Crippen molar-refractivity contribution in [2.24, 2.45) is 0 Å². The molecule has 1 aliphatic carbocycles. The van der Waals surface area contributed by atoms with Gasteiger partial charge in [-0.2, -0.15) is 0 Å². The molecule has 9 aromatic rings. The van der Waals surface area contributed by atoms with Crippen molar-refractivity contribution in [1.82, 2.24) is 0 Å². The van der Waals surface area contributed by atoms with Crippen molar-refractivity contribution in [2.45, 2.75) is 0 Å². The minimum atomic E-state index is 1.18. The summed E-state index contributed by atoms with van der Waals surface area (Å²) in [7, 11) is 0. The third-order valence-corrected chi connectivity index (χ3v) is 10.3. The maximum atomic E-state index is 2.40. The lowest BCUT2D eigenvalue weighted by Crippen LogP contribution is -1.93. The number of hydrogen-bond donors (Lipinski definition) is 0. The summed E-state index contributed by atoms with van der Waals surface area (Å²) < 4.78 is 0. The molecule has 0 bridgehead atoms. The summed E-state index contributed by atoms with van der Waals surface area (Å²) in [6.07, 6.45) is 6.90. The van der Waals surface area contributed by atoms with Crippen LogP contribution in [0.3, 0.4) is 0 Å². The summed E-state index contributed by atoms with van der Waals surface area (Å²) in [4.78, 5) is 0. The topological polar surface area (TPSA) is 0 Å². The Kier molecular flexibility index (Phi) is 6.60. The average molecular weight is 633 g/mol. The zero-order valence-corrected chi connectivity index (χ0v) is 27.5. The Balaban J connectivity index is 1.26. The first kappa shape index (κ1) is 28.5. The van der Waals surface area contributed by atoms with Gasteiger partial charge in [-0.15, -0.1) is 0 Å². The van der Waals surface area contributed by atoms with E-state index in [0.29, 0.717) is 0 Å². The van der Waals surface area contributed by atoms with Gasteiger partial charge in [-0.05, 0) is 147 Å². The summed E-state index contributed by atoms with van der Waals surface area (Å²) in [5.74, 6) is 0. The molecule has 9 aromatic carbocycles. The summed E-state index contributed by atoms with van der Waals surface area (Å²) in [6.45, 7) is 0. The van der Waals surface area contributed by atoms with Gasteiger partial charge in [0.2, 0.25) is 0 Å². The van der Waals surface area contributed by atoms with Crippen LogP contribution in [0.15, 0.2) is 176 Å². The van der Waals surface area contributed by atoms with E-state index in [1.54, 1.807) is 0 Å². The van der Waals surface area contributed by atoms with Crippen molar-refractivity contribution >= 4 is 66.9 Å². The van der Waals surface area contributed by atoms with Crippen molar-refractivity contribution < 1.29 is 0 Å². The van der Waals surface area contributed by atoms with Crippen LogP contribution in [0.5, 0.6) is 0 Å². The van der Waals surface area contributed by atoms with Crippen molar-refractivity contribution in [3.8, 4) is 22.3 Å². The molecule has 0 radical (unpaired) electrons. The van der Waals surface area contributed by atoms with E-state index in [1.807, 2.05) is 0 Å². The van der Waals surface area contributed by atoms with Gasteiger partial charge in [-0.1, -0.05) is 146 Å². The molecule has 1 aliphatic rings. The second kappa shape index (κ2) is 11.6. The Morgan fingerprint density at radius 3 is 1.20 bits per heavy atom. The molecule has 50 heavy (non-hydrogen) atoms. The van der Waals surface area contributed by atoms with E-state index in [2.05, 4.69) is 194 Å². The smallest absolute Gasteiger partial charge is 0.00934 e. The lowest BCUT2D eigenvalue weighted by molar-refractivity contribution is 1.53. The Labute approximate surface area is 291 Å². The number of fused-ring (bicyclic) bond motifs is 6. The molecule has 0 unspecified atom stereocenters. The first-order valence-electron chi connectivity index (χ1n) is 17.3. The van der Waals surface area contributed by atoms with Gasteiger partial charge >= 0.3 is 0 Å². The van der Waals surface area contributed by atoms with Gasteiger partial charge in [0.25, 0.3) is 0 Å². The largest absolute Gasteiger partial charge is 0.0616 e. The molecule has 0 spiro atoms. The summed E-state index contributed by atoms with van der Waals surface area (Å²) in [5.41, 5.74) is 12.3. The Morgan fingerprint density at radius 1 is 0.300 bits per heavy atom. The Bertz CT molecular complexity index is 2670. The molecule has 0 heterocycles. The van der Waals surface area contributed by atoms with Gasteiger partial charge in [0.1, 0.15) is 0 Å². The van der Waals surface area contributed by atoms with Crippen LogP contribution in [0.1, 0.15) is 27.8 Å². The highest BCUT2D eigenvalue weighted by Crippen LogP contribution is 2.40. The summed E-state index contributed by atoms with van der Waals surface area (Å²) in [5, 5.41) is 10.1. The van der Waals surface area contributed by atoms with Gasteiger partial charge in [0.15, 0.2) is 0 Å². The summed E-state index contributed by atoms with van der Waals surface area (Å²) >= 11 is 0. The molecule has 0 nitrogen and oxygen atoms in total. The van der Waals surface area contributed by atoms with E-state index in [4.69, 9.17) is 0 Å². The highest BCUT2D eigenvalue weighted by molar-refractivity contribution is 6.08. The van der Waals surface area contributed by atoms with Crippen LogP contribution < -0.4 is 0 Å². The molecule has 0 fully saturated rings. The van der Waals surface area contributed by atoms with E-state index in [0.717, 1.165) is 0 Å². The third-order valence-electron chi connectivity index (χ3n) is 10.3. The molecule has 0 amide bonds. The lowest BCUT2D eigenvalue weighted by Gasteiger charge is -2.16. The summed E-state index contributed by atoms with van der Waals surface area (Å²) in [6, 6.07) is 64.8. The van der Waals surface area contributed by atoms with Crippen molar-refractivity contribution in [2.75, 3.05) is 0 Å². The first-order chi connectivity index (χ1) is 24.7. The van der Waals surface area contributed by atoms with Crippen molar-refractivity contribution in [3.63, 3.8) is 0 Å². The molecular weight excluding hydrogens is 601 g/mol. The average Bonchev–Trinajstić information content (AvgIpc) is 3.32. The van der Waals surface area contributed by atoms with Gasteiger partial charge < -0.3 is 0 Å². The minimum Gasteiger partial charge on any atom is -0.0616 e. The molecule has 0 saturated carbocycles. The zero-order valence-electron chi connectivity index (χ0n) is 27.5. The maximum Gasteiger partial charge on any atom is -0.00934 e. The molecular formula is C50H32. The zero-order chi connectivity index (χ0) is 33.0. The first-order valence-corrected chi connectivity index (χ1v) is 17.3. The molecule has 0 heteroatoms. The number of benzene rings is 9. The van der Waals surface area contributed by atoms with Crippen LogP contribution in [0, 0.1) is 0 Å². The normalized spacial score (nSPS) is 12.3. The van der Waals surface area contributed by atoms with E-state index in [9.17, 15) is 0 Å². The molecule has 0 aliphatic heterocycles. The molecule has 10 rings (SSSR count). The molecule has 0 N–H and O–H groups in total. The van der Waals surface area contributed by atoms with E-state index in [1.165, 1.54) is 98.7 Å². The number of rotatable bonds is 3. The van der Waals surface area contributed by atoms with E-state index < -0.39 is 0 Å². The lowest BCUT2D eigenvalue weighted by atomic mass is 9.88. The number of hydrogen-bond acceptors (Lipinski definition) is 0. The van der Waals surface area contributed by atoms with Gasteiger partial charge in [0, 0.05) is 0 Å². The third kappa shape index (κ3) is 4.85. The SMILES string of the molecule is C1=Cc2ccccc2C(=Cc2cc(-c3cccc4cc5ccccc5cc34)cc(-c3cccc4cc5ccccc5cc34)c2)c2ccccc21. The predicted molar refractivity (Wildman–Crippen MR) is 216 cm³/mol. The molecule has 0 aromatic heterocycles. The highest BCUT2D eigenvalue weighted by atomic mass is 14.2. The molecule has 232 valence electrons. The standard InChI is InChI=1S/C50H32/c1-3-15-38-31-48-40(28-36(38)13-1)17-9-21-46(48)42-25-33(27-50-44-19-7-5-11-34(44)23-24-35-12-6-8-20-45(35)50)26-43(30-42)47-22-10-18-41-29-37-14-2-4-16-39(37)32-49(41)47/h1-32H. The van der Waals surface area contributed by atoms with Crippen LogP contribution in [-0.2, 0) is 0 Å². The fraction of sp³-hybridized carbons (Fsp3) is 0. The fourth-order valence-electron chi connectivity index (χ4n) is 7.91. The second-order valence-electron chi connectivity index (χ2n) is 13.4. The second-order valence-corrected chi connectivity index (χ2v) is 13.4. The minimum absolute atomic E-state index is 1.18. The van der Waals surface area contributed by atoms with Gasteiger partial charge in [-0.3, -0.25) is 0 Å². The van der Waals surface area contributed by atoms with Gasteiger partial charge in [0.05, 0.1) is 0 Å². The van der Waals surface area contributed by atoms with Crippen LogP contribution in [0.4, 0.5) is 0 Å². The van der Waals surface area contributed by atoms with E-state index >= 15 is 0 Å².